The Labute approximate surface area is 291 Å². The molecule has 3 aromatic heterocycles. The lowest BCUT2D eigenvalue weighted by atomic mass is 9.89. The molecular weight excluding hydrogens is 638 g/mol. The minimum absolute atomic E-state index is 0.268. The molecule has 5 heterocycles. The van der Waals surface area contributed by atoms with Crippen molar-refractivity contribution in [2.75, 3.05) is 38.2 Å². The van der Waals surface area contributed by atoms with Gasteiger partial charge < -0.3 is 24.3 Å². The van der Waals surface area contributed by atoms with Crippen molar-refractivity contribution in [3.63, 3.8) is 0 Å². The zero-order valence-electron chi connectivity index (χ0n) is 28.9. The molecule has 1 saturated carbocycles. The first-order valence-corrected chi connectivity index (χ1v) is 17.6. The van der Waals surface area contributed by atoms with E-state index in [1.807, 2.05) is 25.3 Å². The molecule has 0 amide bonds. The Hall–Kier alpha value is -4.65. The van der Waals surface area contributed by atoms with Crippen LogP contribution in [0.1, 0.15) is 64.5 Å². The standard InChI is InChI=1S/C35H45N11O4/c1-23-16-44(17-24(2)49-23)30-6-8-31(9-7-30)46-19-32(34(41-46)48-11-10-26-20-47-21-26)40-35-37-14-29(15-38-35)27-4-5-28(13-36)33(12-27)50-25(3)18-45-22-39-42-43-45/h4-5,12,14-15,19,22-26,30-31H,6-11,16-18,20-21H2,1-3H3,(H,37,38,40)/t23-,24-,25+,30-,31-/m1/s1. The van der Waals surface area contributed by atoms with Crippen LogP contribution in [0.2, 0.25) is 0 Å². The molecule has 0 radical (unpaired) electrons. The lowest BCUT2D eigenvalue weighted by Gasteiger charge is -2.42. The number of rotatable bonds is 13. The first-order valence-electron chi connectivity index (χ1n) is 17.6. The maximum Gasteiger partial charge on any atom is 0.256 e. The van der Waals surface area contributed by atoms with Gasteiger partial charge in [-0.3, -0.25) is 9.58 Å². The number of nitrogens with one attached hydrogen (secondary N) is 1. The number of hydrogen-bond acceptors (Lipinski definition) is 13. The Morgan fingerprint density at radius 2 is 1.80 bits per heavy atom. The molecular formula is C35H45N11O4. The predicted octanol–water partition coefficient (Wildman–Crippen LogP) is 4.42. The average molecular weight is 684 g/mol. The van der Waals surface area contributed by atoms with Crippen LogP contribution in [0.3, 0.4) is 0 Å². The highest BCUT2D eigenvalue weighted by atomic mass is 16.5. The van der Waals surface area contributed by atoms with E-state index in [-0.39, 0.29) is 18.3 Å². The second kappa shape index (κ2) is 15.5. The van der Waals surface area contributed by atoms with Crippen molar-refractivity contribution in [3.8, 4) is 28.8 Å². The van der Waals surface area contributed by atoms with Crippen LogP contribution in [0, 0.1) is 17.2 Å². The highest BCUT2D eigenvalue weighted by molar-refractivity contribution is 5.67. The van der Waals surface area contributed by atoms with E-state index in [4.69, 9.17) is 24.0 Å². The van der Waals surface area contributed by atoms with Crippen LogP contribution in [-0.2, 0) is 16.0 Å². The number of tetrazole rings is 1. The fraction of sp³-hybridized carbons (Fsp3) is 0.571. The summed E-state index contributed by atoms with van der Waals surface area (Å²) in [6, 6.07) is 8.52. The molecule has 7 rings (SSSR count). The van der Waals surface area contributed by atoms with Crippen LogP contribution < -0.4 is 14.8 Å². The number of hydrogen-bond donors (Lipinski definition) is 1. The summed E-state index contributed by atoms with van der Waals surface area (Å²) in [4.78, 5) is 11.9. The van der Waals surface area contributed by atoms with E-state index in [0.29, 0.717) is 54.3 Å². The number of benzene rings is 1. The molecule has 4 aromatic rings. The van der Waals surface area contributed by atoms with Crippen molar-refractivity contribution in [2.24, 2.45) is 5.92 Å². The molecule has 2 saturated heterocycles. The lowest BCUT2D eigenvalue weighted by Crippen LogP contribution is -2.51. The number of aromatic nitrogens is 8. The Bertz CT molecular complexity index is 1720. The summed E-state index contributed by atoms with van der Waals surface area (Å²) in [6.07, 6.45) is 12.7. The molecule has 0 unspecified atom stereocenters. The van der Waals surface area contributed by atoms with Crippen molar-refractivity contribution in [3.05, 3.63) is 48.7 Å². The van der Waals surface area contributed by atoms with E-state index >= 15 is 0 Å². The Morgan fingerprint density at radius 3 is 2.48 bits per heavy atom. The first-order chi connectivity index (χ1) is 24.4. The van der Waals surface area contributed by atoms with Crippen LogP contribution in [0.4, 0.5) is 11.6 Å². The Balaban J connectivity index is 1.02. The third-order valence-corrected chi connectivity index (χ3v) is 9.67. The summed E-state index contributed by atoms with van der Waals surface area (Å²) < 4.78 is 27.3. The topological polar surface area (TPSA) is 163 Å². The zero-order chi connectivity index (χ0) is 34.5. The minimum atomic E-state index is -0.268. The van der Waals surface area contributed by atoms with Crippen LogP contribution >= 0.6 is 0 Å². The number of nitrogens with zero attached hydrogens (tertiary/aromatic N) is 10. The summed E-state index contributed by atoms with van der Waals surface area (Å²) in [5.74, 6) is 2.00. The minimum Gasteiger partial charge on any atom is -0.487 e. The molecule has 15 heteroatoms. The maximum atomic E-state index is 9.68. The van der Waals surface area contributed by atoms with Crippen molar-refractivity contribution in [2.45, 2.75) is 89.8 Å². The fourth-order valence-corrected chi connectivity index (χ4v) is 7.07. The van der Waals surface area contributed by atoms with Gasteiger partial charge in [-0.2, -0.15) is 5.26 Å². The molecule has 1 N–H and O–H groups in total. The molecule has 0 bridgehead atoms. The van der Waals surface area contributed by atoms with E-state index in [0.717, 1.165) is 75.2 Å². The number of morpholine rings is 1. The molecule has 3 fully saturated rings. The largest absolute Gasteiger partial charge is 0.487 e. The van der Waals surface area contributed by atoms with Crippen molar-refractivity contribution in [1.82, 2.24) is 44.9 Å². The molecule has 15 nitrogen and oxygen atoms in total. The predicted molar refractivity (Wildman–Crippen MR) is 183 cm³/mol. The molecule has 50 heavy (non-hydrogen) atoms. The smallest absolute Gasteiger partial charge is 0.256 e. The summed E-state index contributed by atoms with van der Waals surface area (Å²) in [5.41, 5.74) is 2.79. The normalized spacial score (nSPS) is 23.5. The van der Waals surface area contributed by atoms with Gasteiger partial charge in [-0.25, -0.2) is 14.6 Å². The molecule has 1 aliphatic carbocycles. The van der Waals surface area contributed by atoms with Crippen molar-refractivity contribution >= 4 is 11.6 Å². The van der Waals surface area contributed by atoms with Crippen LogP contribution in [0.5, 0.6) is 11.6 Å². The van der Waals surface area contributed by atoms with E-state index < -0.39 is 0 Å². The fourth-order valence-electron chi connectivity index (χ4n) is 7.07. The van der Waals surface area contributed by atoms with E-state index in [2.05, 4.69) is 60.3 Å². The van der Waals surface area contributed by atoms with E-state index in [9.17, 15) is 5.26 Å². The Morgan fingerprint density at radius 1 is 1.04 bits per heavy atom. The quantitative estimate of drug-likeness (QED) is 0.211. The molecule has 3 aliphatic rings. The SMILES string of the molecule is C[C@@H]1CN([C@H]2CC[C@H](n3cc(Nc4ncc(-c5ccc(C#N)c(O[C@@H](C)Cn6cnnn6)c5)cn4)c(OCCC4COC4)n3)CC2)C[C@@H](C)O1. The van der Waals surface area contributed by atoms with Gasteiger partial charge in [-0.05, 0) is 81.0 Å². The number of nitriles is 1. The monoisotopic (exact) mass is 683 g/mol. The van der Waals surface area contributed by atoms with Crippen molar-refractivity contribution in [1.29, 1.82) is 5.26 Å². The molecule has 1 aromatic carbocycles. The highest BCUT2D eigenvalue weighted by Gasteiger charge is 2.32. The van der Waals surface area contributed by atoms with E-state index in [1.54, 1.807) is 23.1 Å². The Kier molecular flexibility index (Phi) is 10.5. The molecule has 264 valence electrons. The summed E-state index contributed by atoms with van der Waals surface area (Å²) in [6.45, 7) is 10.8. The molecule has 2 aliphatic heterocycles. The number of ether oxygens (including phenoxy) is 4. The van der Waals surface area contributed by atoms with Crippen LogP contribution in [-0.4, -0.2) is 102 Å². The summed E-state index contributed by atoms with van der Waals surface area (Å²) >= 11 is 0. The third kappa shape index (κ3) is 8.20. The lowest BCUT2D eigenvalue weighted by molar-refractivity contribution is -0.0852. The number of anilines is 2. The van der Waals surface area contributed by atoms with Gasteiger partial charge in [-0.1, -0.05) is 6.07 Å². The zero-order valence-corrected chi connectivity index (χ0v) is 28.9. The van der Waals surface area contributed by atoms with Gasteiger partial charge in [0, 0.05) is 43.0 Å². The molecule has 0 spiro atoms. The van der Waals surface area contributed by atoms with Crippen LogP contribution in [0.25, 0.3) is 11.1 Å². The third-order valence-electron chi connectivity index (χ3n) is 9.67. The summed E-state index contributed by atoms with van der Waals surface area (Å²) in [7, 11) is 0. The van der Waals surface area contributed by atoms with Gasteiger partial charge >= 0.3 is 0 Å². The average Bonchev–Trinajstić information content (AvgIpc) is 3.76. The van der Waals surface area contributed by atoms with Gasteiger partial charge in [0.05, 0.1) is 56.4 Å². The first kappa shape index (κ1) is 33.8. The maximum absolute atomic E-state index is 9.68. The van der Waals surface area contributed by atoms with Gasteiger partial charge in [0.25, 0.3) is 5.88 Å². The van der Waals surface area contributed by atoms with Gasteiger partial charge in [0.15, 0.2) is 0 Å². The molecule has 3 atom stereocenters. The second-order valence-electron chi connectivity index (χ2n) is 13.7. The van der Waals surface area contributed by atoms with Gasteiger partial charge in [0.1, 0.15) is 29.9 Å². The summed E-state index contributed by atoms with van der Waals surface area (Å²) in [5, 5.41) is 29.2. The van der Waals surface area contributed by atoms with Crippen LogP contribution in [0.15, 0.2) is 43.1 Å². The van der Waals surface area contributed by atoms with Gasteiger partial charge in [-0.15, -0.1) is 10.2 Å². The second-order valence-corrected chi connectivity index (χ2v) is 13.7. The highest BCUT2D eigenvalue weighted by Crippen LogP contribution is 2.36. The van der Waals surface area contributed by atoms with Gasteiger partial charge in [0.2, 0.25) is 5.95 Å². The van der Waals surface area contributed by atoms with E-state index in [1.165, 1.54) is 6.33 Å². The van der Waals surface area contributed by atoms with Crippen molar-refractivity contribution < 1.29 is 18.9 Å².